The minimum Gasteiger partial charge on any atom is -0.444 e. The molecule has 0 aliphatic carbocycles. The number of hydrogen-bond donors (Lipinski definition) is 1. The zero-order valence-corrected chi connectivity index (χ0v) is 11.7. The third-order valence-electron chi connectivity index (χ3n) is 2.40. The van der Waals surface area contributed by atoms with Crippen LogP contribution in [0.25, 0.3) is 0 Å². The average molecular weight is 249 g/mol. The van der Waals surface area contributed by atoms with E-state index >= 15 is 0 Å². The number of carbonyl (C=O) groups excluding carboxylic acids is 1. The van der Waals surface area contributed by atoms with E-state index < -0.39 is 5.60 Å². The molecule has 0 bridgehead atoms. The van der Waals surface area contributed by atoms with Gasteiger partial charge in [0.2, 0.25) is 0 Å². The van der Waals surface area contributed by atoms with Gasteiger partial charge in [-0.2, -0.15) is 0 Å². The van der Waals surface area contributed by atoms with E-state index in [2.05, 4.69) is 24.4 Å². The smallest absolute Gasteiger partial charge is 0.407 e. The lowest BCUT2D eigenvalue weighted by atomic mass is 10.1. The molecule has 0 heterocycles. The van der Waals surface area contributed by atoms with Crippen LogP contribution in [0.3, 0.4) is 0 Å². The third kappa shape index (κ3) is 5.71. The van der Waals surface area contributed by atoms with Crippen molar-refractivity contribution >= 4 is 6.09 Å². The summed E-state index contributed by atoms with van der Waals surface area (Å²) in [6.45, 7) is 8.23. The summed E-state index contributed by atoms with van der Waals surface area (Å²) >= 11 is 0. The monoisotopic (exact) mass is 249 g/mol. The van der Waals surface area contributed by atoms with Crippen LogP contribution < -0.4 is 5.32 Å². The molecular formula is C15H23NO2. The number of hydrogen-bond acceptors (Lipinski definition) is 2. The highest BCUT2D eigenvalue weighted by Crippen LogP contribution is 2.08. The summed E-state index contributed by atoms with van der Waals surface area (Å²) in [6.07, 6.45) is 1.87. The lowest BCUT2D eigenvalue weighted by Gasteiger charge is -2.19. The molecule has 0 aromatic heterocycles. The molecule has 3 heteroatoms. The average Bonchev–Trinajstić information content (AvgIpc) is 2.26. The van der Waals surface area contributed by atoms with E-state index in [1.165, 1.54) is 5.56 Å². The van der Waals surface area contributed by atoms with Crippen LogP contribution in [0, 0.1) is 0 Å². The predicted octanol–water partition coefficient (Wildman–Crippen LogP) is 3.66. The lowest BCUT2D eigenvalue weighted by molar-refractivity contribution is 0.0523. The van der Waals surface area contributed by atoms with Crippen molar-refractivity contribution in [3.05, 3.63) is 35.4 Å². The number of alkyl carbamates (subject to hydrolysis) is 1. The molecule has 1 rings (SSSR count). The molecule has 0 aliphatic rings. The first-order chi connectivity index (χ1) is 8.40. The van der Waals surface area contributed by atoms with Gasteiger partial charge >= 0.3 is 6.09 Å². The first kappa shape index (κ1) is 14.6. The molecule has 3 nitrogen and oxygen atoms in total. The normalized spacial score (nSPS) is 11.1. The van der Waals surface area contributed by atoms with Gasteiger partial charge in [0.05, 0.1) is 0 Å². The number of ether oxygens (including phenoxy) is 1. The Labute approximate surface area is 110 Å². The maximum atomic E-state index is 11.5. The second kappa shape index (κ2) is 6.43. The van der Waals surface area contributed by atoms with Gasteiger partial charge in [0.1, 0.15) is 5.60 Å². The van der Waals surface area contributed by atoms with Gasteiger partial charge in [0.25, 0.3) is 0 Å². The van der Waals surface area contributed by atoms with E-state index in [-0.39, 0.29) is 6.09 Å². The van der Waals surface area contributed by atoms with Gasteiger partial charge in [-0.05, 0) is 38.3 Å². The van der Waals surface area contributed by atoms with Crippen molar-refractivity contribution in [1.82, 2.24) is 5.32 Å². The Kier molecular flexibility index (Phi) is 5.20. The van der Waals surface area contributed by atoms with E-state index in [1.54, 1.807) is 0 Å². The quantitative estimate of drug-likeness (QED) is 0.884. The topological polar surface area (TPSA) is 38.3 Å². The fraction of sp³-hybridized carbons (Fsp3) is 0.533. The maximum Gasteiger partial charge on any atom is 0.407 e. The Morgan fingerprint density at radius 3 is 2.22 bits per heavy atom. The minimum absolute atomic E-state index is 0.375. The van der Waals surface area contributed by atoms with Crippen LogP contribution in [0.15, 0.2) is 24.3 Å². The highest BCUT2D eigenvalue weighted by molar-refractivity contribution is 5.67. The van der Waals surface area contributed by atoms with Crippen molar-refractivity contribution in [2.45, 2.75) is 52.7 Å². The fourth-order valence-electron chi connectivity index (χ4n) is 1.60. The van der Waals surface area contributed by atoms with Crippen molar-refractivity contribution in [3.8, 4) is 0 Å². The molecule has 1 aromatic carbocycles. The van der Waals surface area contributed by atoms with Crippen LogP contribution >= 0.6 is 0 Å². The molecule has 0 saturated heterocycles. The lowest BCUT2D eigenvalue weighted by Crippen LogP contribution is -2.32. The largest absolute Gasteiger partial charge is 0.444 e. The molecule has 1 aromatic rings. The van der Waals surface area contributed by atoms with Crippen LogP contribution in [0.4, 0.5) is 4.79 Å². The summed E-state index contributed by atoms with van der Waals surface area (Å²) < 4.78 is 5.17. The van der Waals surface area contributed by atoms with Gasteiger partial charge in [0, 0.05) is 6.54 Å². The first-order valence-electron chi connectivity index (χ1n) is 6.45. The van der Waals surface area contributed by atoms with Gasteiger partial charge in [0.15, 0.2) is 0 Å². The van der Waals surface area contributed by atoms with Crippen LogP contribution in [0.2, 0.25) is 0 Å². The third-order valence-corrected chi connectivity index (χ3v) is 2.40. The number of aryl methyl sites for hydroxylation is 1. The van der Waals surface area contributed by atoms with Crippen LogP contribution in [-0.2, 0) is 17.7 Å². The van der Waals surface area contributed by atoms with Crippen molar-refractivity contribution in [1.29, 1.82) is 0 Å². The molecule has 0 saturated carbocycles. The molecule has 0 spiro atoms. The Morgan fingerprint density at radius 1 is 1.17 bits per heavy atom. The number of amides is 1. The molecule has 1 amide bonds. The van der Waals surface area contributed by atoms with Crippen LogP contribution in [-0.4, -0.2) is 11.7 Å². The molecule has 0 aliphatic heterocycles. The van der Waals surface area contributed by atoms with Gasteiger partial charge in [-0.1, -0.05) is 37.6 Å². The molecule has 100 valence electrons. The van der Waals surface area contributed by atoms with E-state index in [1.807, 2.05) is 32.9 Å². The zero-order valence-electron chi connectivity index (χ0n) is 11.7. The summed E-state index contributed by atoms with van der Waals surface area (Å²) in [5.74, 6) is 0. The highest BCUT2D eigenvalue weighted by Gasteiger charge is 2.15. The van der Waals surface area contributed by atoms with Crippen LogP contribution in [0.5, 0.6) is 0 Å². The Bertz CT molecular complexity index is 376. The number of nitrogens with one attached hydrogen (secondary N) is 1. The van der Waals surface area contributed by atoms with Crippen molar-refractivity contribution in [2.24, 2.45) is 0 Å². The summed E-state index contributed by atoms with van der Waals surface area (Å²) in [4.78, 5) is 11.5. The fourth-order valence-corrected chi connectivity index (χ4v) is 1.60. The summed E-state index contributed by atoms with van der Waals surface area (Å²) in [5, 5.41) is 2.75. The molecule has 18 heavy (non-hydrogen) atoms. The maximum absolute atomic E-state index is 11.5. The van der Waals surface area contributed by atoms with E-state index in [0.717, 1.165) is 18.4 Å². The second-order valence-electron chi connectivity index (χ2n) is 5.42. The van der Waals surface area contributed by atoms with Crippen molar-refractivity contribution in [3.63, 3.8) is 0 Å². The Balaban J connectivity index is 2.41. The standard InChI is InChI=1S/C15H23NO2/c1-5-6-12-7-9-13(10-8-12)11-16-14(17)18-15(2,3)4/h7-10H,5-6,11H2,1-4H3,(H,16,17). The van der Waals surface area contributed by atoms with Crippen molar-refractivity contribution in [2.75, 3.05) is 0 Å². The van der Waals surface area contributed by atoms with Crippen LogP contribution in [0.1, 0.15) is 45.2 Å². The number of rotatable bonds is 4. The minimum atomic E-state index is -0.449. The van der Waals surface area contributed by atoms with Gasteiger partial charge < -0.3 is 10.1 Å². The SMILES string of the molecule is CCCc1ccc(CNC(=O)OC(C)(C)C)cc1. The summed E-state index contributed by atoms with van der Waals surface area (Å²) in [7, 11) is 0. The van der Waals surface area contributed by atoms with E-state index in [0.29, 0.717) is 6.54 Å². The summed E-state index contributed by atoms with van der Waals surface area (Å²) in [6, 6.07) is 8.30. The zero-order chi connectivity index (χ0) is 13.6. The first-order valence-corrected chi connectivity index (χ1v) is 6.45. The predicted molar refractivity (Wildman–Crippen MR) is 73.5 cm³/mol. The second-order valence-corrected chi connectivity index (χ2v) is 5.42. The summed E-state index contributed by atoms with van der Waals surface area (Å²) in [5.41, 5.74) is 1.97. The molecule has 0 unspecified atom stereocenters. The van der Waals surface area contributed by atoms with Gasteiger partial charge in [-0.25, -0.2) is 4.79 Å². The molecule has 0 atom stereocenters. The Hall–Kier alpha value is -1.51. The number of carbonyl (C=O) groups is 1. The Morgan fingerprint density at radius 2 is 1.72 bits per heavy atom. The van der Waals surface area contributed by atoms with Gasteiger partial charge in [-0.15, -0.1) is 0 Å². The van der Waals surface area contributed by atoms with Crippen molar-refractivity contribution < 1.29 is 9.53 Å². The number of benzene rings is 1. The van der Waals surface area contributed by atoms with Gasteiger partial charge in [-0.3, -0.25) is 0 Å². The highest BCUT2D eigenvalue weighted by atomic mass is 16.6. The molecular weight excluding hydrogens is 226 g/mol. The van der Waals surface area contributed by atoms with E-state index in [4.69, 9.17) is 4.74 Å². The molecule has 0 fully saturated rings. The molecule has 1 N–H and O–H groups in total. The molecule has 0 radical (unpaired) electrons. The van der Waals surface area contributed by atoms with E-state index in [9.17, 15) is 4.79 Å².